The number of carbonyl (C=O) groups excluding carboxylic acids is 2. The lowest BCUT2D eigenvalue weighted by Gasteiger charge is -2.09. The van der Waals surface area contributed by atoms with E-state index >= 15 is 0 Å². The second-order valence-corrected chi connectivity index (χ2v) is 3.38. The molecule has 5 nitrogen and oxygen atoms in total. The third-order valence-electron chi connectivity index (χ3n) is 2.06. The maximum absolute atomic E-state index is 11.1. The van der Waals surface area contributed by atoms with Gasteiger partial charge in [0.2, 0.25) is 0 Å². The fourth-order valence-electron chi connectivity index (χ4n) is 1.12. The molecule has 1 atom stereocenters. The summed E-state index contributed by atoms with van der Waals surface area (Å²) in [6.45, 7) is 5.86. The molecule has 0 saturated heterocycles. The largest absolute Gasteiger partial charge is 0.445 e. The number of ether oxygens (including phenoxy) is 1. The number of nitrogens with one attached hydrogen (secondary N) is 1. The van der Waals surface area contributed by atoms with Gasteiger partial charge in [-0.25, -0.2) is 4.79 Å². The summed E-state index contributed by atoms with van der Waals surface area (Å²) in [5, 5.41) is 2.55. The molecule has 0 rings (SSSR count). The van der Waals surface area contributed by atoms with E-state index in [-0.39, 0.29) is 12.4 Å². The monoisotopic (exact) mass is 228 g/mol. The summed E-state index contributed by atoms with van der Waals surface area (Å²) < 4.78 is 4.70. The number of nitrogens with two attached hydrogens (primary N) is 1. The Labute approximate surface area is 96.0 Å². The van der Waals surface area contributed by atoms with Crippen molar-refractivity contribution < 1.29 is 14.3 Å². The Morgan fingerprint density at radius 1 is 1.56 bits per heavy atom. The summed E-state index contributed by atoms with van der Waals surface area (Å²) in [6, 6.07) is -0.420. The first-order chi connectivity index (χ1) is 7.61. The van der Waals surface area contributed by atoms with Gasteiger partial charge in [0.1, 0.15) is 12.4 Å². The smallest absolute Gasteiger partial charge is 0.407 e. The Kier molecular flexibility index (Phi) is 8.15. The van der Waals surface area contributed by atoms with Gasteiger partial charge in [-0.1, -0.05) is 19.6 Å². The molecule has 1 unspecified atom stereocenters. The van der Waals surface area contributed by atoms with Crippen molar-refractivity contribution in [2.24, 2.45) is 5.73 Å². The summed E-state index contributed by atoms with van der Waals surface area (Å²) in [4.78, 5) is 22.1. The van der Waals surface area contributed by atoms with Gasteiger partial charge in [-0.2, -0.15) is 0 Å². The van der Waals surface area contributed by atoms with Gasteiger partial charge < -0.3 is 15.8 Å². The fourth-order valence-corrected chi connectivity index (χ4v) is 1.12. The van der Waals surface area contributed by atoms with Gasteiger partial charge in [-0.3, -0.25) is 4.79 Å². The van der Waals surface area contributed by atoms with Crippen molar-refractivity contribution in [1.82, 2.24) is 5.32 Å². The Bertz CT molecular complexity index is 241. The van der Waals surface area contributed by atoms with Crippen LogP contribution in [0.15, 0.2) is 12.7 Å². The number of alkyl carbamates (subject to hydrolysis) is 1. The highest BCUT2D eigenvalue weighted by atomic mass is 16.5. The molecular weight excluding hydrogens is 208 g/mol. The first-order valence-corrected chi connectivity index (χ1v) is 5.41. The van der Waals surface area contributed by atoms with Crippen LogP contribution in [0.2, 0.25) is 0 Å². The van der Waals surface area contributed by atoms with Gasteiger partial charge in [0, 0.05) is 13.0 Å². The highest BCUT2D eigenvalue weighted by Gasteiger charge is 2.10. The minimum Gasteiger partial charge on any atom is -0.445 e. The van der Waals surface area contributed by atoms with Crippen molar-refractivity contribution in [1.29, 1.82) is 0 Å². The lowest BCUT2D eigenvalue weighted by molar-refractivity contribution is -0.120. The Morgan fingerprint density at radius 2 is 2.25 bits per heavy atom. The molecule has 0 aliphatic carbocycles. The molecule has 0 aromatic rings. The minimum absolute atomic E-state index is 0.0502. The molecule has 0 bridgehead atoms. The average Bonchev–Trinajstić information content (AvgIpc) is 2.30. The topological polar surface area (TPSA) is 81.4 Å². The maximum Gasteiger partial charge on any atom is 0.407 e. The molecule has 0 spiro atoms. The third kappa shape index (κ3) is 7.00. The van der Waals surface area contributed by atoms with Crippen LogP contribution >= 0.6 is 0 Å². The van der Waals surface area contributed by atoms with Crippen LogP contribution in [0.1, 0.15) is 26.2 Å². The van der Waals surface area contributed by atoms with Crippen molar-refractivity contribution in [2.45, 2.75) is 32.2 Å². The first-order valence-electron chi connectivity index (χ1n) is 5.41. The van der Waals surface area contributed by atoms with Crippen molar-refractivity contribution >= 4 is 11.9 Å². The number of ketones is 1. The number of rotatable bonds is 8. The van der Waals surface area contributed by atoms with Crippen LogP contribution in [-0.4, -0.2) is 31.1 Å². The van der Waals surface area contributed by atoms with E-state index < -0.39 is 12.1 Å². The summed E-state index contributed by atoms with van der Waals surface area (Å²) in [5.74, 6) is 0.0502. The molecule has 0 aliphatic rings. The van der Waals surface area contributed by atoms with Crippen molar-refractivity contribution in [3.63, 3.8) is 0 Å². The Hall–Kier alpha value is -1.36. The van der Waals surface area contributed by atoms with Gasteiger partial charge >= 0.3 is 6.09 Å². The zero-order chi connectivity index (χ0) is 12.4. The van der Waals surface area contributed by atoms with E-state index in [0.717, 1.165) is 0 Å². The quantitative estimate of drug-likeness (QED) is 0.479. The predicted octanol–water partition coefficient (Wildman–Crippen LogP) is 0.985. The van der Waals surface area contributed by atoms with Gasteiger partial charge in [-0.05, 0) is 12.8 Å². The lowest BCUT2D eigenvalue weighted by Crippen LogP contribution is -2.32. The molecule has 0 heterocycles. The van der Waals surface area contributed by atoms with Crippen LogP contribution in [0.3, 0.4) is 0 Å². The van der Waals surface area contributed by atoms with Crippen molar-refractivity contribution in [3.05, 3.63) is 12.7 Å². The van der Waals surface area contributed by atoms with Crippen LogP contribution in [0.5, 0.6) is 0 Å². The van der Waals surface area contributed by atoms with E-state index in [0.29, 0.717) is 25.8 Å². The van der Waals surface area contributed by atoms with E-state index in [1.165, 1.54) is 6.08 Å². The zero-order valence-electron chi connectivity index (χ0n) is 9.70. The highest BCUT2D eigenvalue weighted by Crippen LogP contribution is 1.97. The molecule has 0 radical (unpaired) electrons. The summed E-state index contributed by atoms with van der Waals surface area (Å²) >= 11 is 0. The molecule has 0 fully saturated rings. The third-order valence-corrected chi connectivity index (χ3v) is 2.06. The number of carbonyl (C=O) groups is 2. The molecular formula is C11H20N2O3. The summed E-state index contributed by atoms with van der Waals surface area (Å²) in [7, 11) is 0. The number of hydrogen-bond donors (Lipinski definition) is 2. The normalized spacial score (nSPS) is 11.6. The van der Waals surface area contributed by atoms with Crippen LogP contribution in [0.4, 0.5) is 4.79 Å². The Balaban J connectivity index is 3.49. The summed E-state index contributed by atoms with van der Waals surface area (Å²) in [5.41, 5.74) is 5.62. The summed E-state index contributed by atoms with van der Waals surface area (Å²) in [6.07, 6.45) is 2.71. The van der Waals surface area contributed by atoms with Gasteiger partial charge in [-0.15, -0.1) is 0 Å². The maximum atomic E-state index is 11.1. The van der Waals surface area contributed by atoms with Crippen LogP contribution in [0, 0.1) is 0 Å². The van der Waals surface area contributed by atoms with E-state index in [9.17, 15) is 9.59 Å². The van der Waals surface area contributed by atoms with Gasteiger partial charge in [0.25, 0.3) is 0 Å². The molecule has 16 heavy (non-hydrogen) atoms. The minimum atomic E-state index is -0.477. The second kappa shape index (κ2) is 8.91. The molecule has 3 N–H and O–H groups in total. The molecule has 0 aliphatic heterocycles. The van der Waals surface area contributed by atoms with Gasteiger partial charge in [0.05, 0.1) is 6.04 Å². The molecule has 0 aromatic heterocycles. The van der Waals surface area contributed by atoms with Gasteiger partial charge in [0.15, 0.2) is 0 Å². The zero-order valence-corrected chi connectivity index (χ0v) is 9.70. The van der Waals surface area contributed by atoms with Crippen molar-refractivity contribution in [2.75, 3.05) is 13.2 Å². The molecule has 5 heteroatoms. The van der Waals surface area contributed by atoms with Crippen LogP contribution < -0.4 is 11.1 Å². The molecule has 92 valence electrons. The highest BCUT2D eigenvalue weighted by molar-refractivity contribution is 5.83. The van der Waals surface area contributed by atoms with E-state index in [1.54, 1.807) is 6.92 Å². The fraction of sp³-hybridized carbons (Fsp3) is 0.636. The number of amides is 1. The molecule has 0 saturated carbocycles. The lowest BCUT2D eigenvalue weighted by atomic mass is 10.1. The van der Waals surface area contributed by atoms with E-state index in [2.05, 4.69) is 11.9 Å². The first kappa shape index (κ1) is 14.6. The van der Waals surface area contributed by atoms with E-state index in [4.69, 9.17) is 10.5 Å². The standard InChI is InChI=1S/C11H20N2O3/c1-3-8-16-11(15)13-7-5-6-9(12)10(14)4-2/h3,9H,1,4-8,12H2,2H3,(H,13,15). The molecule has 1 amide bonds. The molecule has 0 aromatic carbocycles. The Morgan fingerprint density at radius 3 is 2.81 bits per heavy atom. The van der Waals surface area contributed by atoms with E-state index in [1.807, 2.05) is 0 Å². The number of hydrogen-bond acceptors (Lipinski definition) is 4. The van der Waals surface area contributed by atoms with Crippen LogP contribution in [-0.2, 0) is 9.53 Å². The SMILES string of the molecule is C=CCOC(=O)NCCCC(N)C(=O)CC. The van der Waals surface area contributed by atoms with Crippen molar-refractivity contribution in [3.8, 4) is 0 Å². The van der Waals surface area contributed by atoms with Crippen LogP contribution in [0.25, 0.3) is 0 Å². The second-order valence-electron chi connectivity index (χ2n) is 3.38. The predicted molar refractivity (Wildman–Crippen MR) is 62.1 cm³/mol. The number of Topliss-reactive ketones (excluding diaryl/α,β-unsaturated/α-hetero) is 1. The average molecular weight is 228 g/mol.